The molecular formula is C12H16N2O2S2. The van der Waals surface area contributed by atoms with Crippen molar-refractivity contribution in [2.24, 2.45) is 5.73 Å². The van der Waals surface area contributed by atoms with Gasteiger partial charge >= 0.3 is 0 Å². The molecule has 1 saturated carbocycles. The summed E-state index contributed by atoms with van der Waals surface area (Å²) in [7, 11) is -1.77. The topological polar surface area (TPSA) is 63.4 Å². The molecule has 0 saturated heterocycles. The van der Waals surface area contributed by atoms with Crippen molar-refractivity contribution in [2.75, 3.05) is 7.05 Å². The molecule has 1 fully saturated rings. The lowest BCUT2D eigenvalue weighted by atomic mass is 10.1. The molecule has 1 aliphatic rings. The molecule has 0 atom stereocenters. The molecule has 18 heavy (non-hydrogen) atoms. The molecule has 1 aromatic carbocycles. The van der Waals surface area contributed by atoms with E-state index in [9.17, 15) is 8.42 Å². The van der Waals surface area contributed by atoms with Gasteiger partial charge in [-0.25, -0.2) is 8.42 Å². The average molecular weight is 284 g/mol. The zero-order chi connectivity index (χ0) is 13.5. The van der Waals surface area contributed by atoms with E-state index >= 15 is 0 Å². The van der Waals surface area contributed by atoms with Crippen LogP contribution < -0.4 is 5.73 Å². The van der Waals surface area contributed by atoms with Crippen LogP contribution in [0.4, 0.5) is 0 Å². The highest BCUT2D eigenvalue weighted by molar-refractivity contribution is 7.89. The van der Waals surface area contributed by atoms with Crippen LogP contribution in [0.2, 0.25) is 0 Å². The predicted octanol–water partition coefficient (Wildman–Crippen LogP) is 1.41. The number of hydrogen-bond donors (Lipinski definition) is 1. The molecule has 0 unspecified atom stereocenters. The summed E-state index contributed by atoms with van der Waals surface area (Å²) in [5.74, 6) is 0. The monoisotopic (exact) mass is 284 g/mol. The Morgan fingerprint density at radius 2 is 2.06 bits per heavy atom. The minimum Gasteiger partial charge on any atom is -0.389 e. The molecule has 4 nitrogen and oxygen atoms in total. The lowest BCUT2D eigenvalue weighted by Gasteiger charge is -2.18. The largest absolute Gasteiger partial charge is 0.389 e. The third-order valence-electron chi connectivity index (χ3n) is 3.18. The predicted molar refractivity (Wildman–Crippen MR) is 75.0 cm³/mol. The molecule has 0 aliphatic heterocycles. The molecule has 0 spiro atoms. The van der Waals surface area contributed by atoms with Crippen LogP contribution in [0.5, 0.6) is 0 Å². The first-order chi connectivity index (χ1) is 8.34. The third kappa shape index (κ3) is 2.41. The van der Waals surface area contributed by atoms with E-state index in [2.05, 4.69) is 0 Å². The molecule has 0 aromatic heterocycles. The second-order valence-corrected chi connectivity index (χ2v) is 7.00. The van der Waals surface area contributed by atoms with Gasteiger partial charge in [0.05, 0.1) is 4.90 Å². The summed E-state index contributed by atoms with van der Waals surface area (Å²) >= 11 is 4.88. The molecule has 6 heteroatoms. The van der Waals surface area contributed by atoms with Gasteiger partial charge in [0.15, 0.2) is 0 Å². The van der Waals surface area contributed by atoms with E-state index in [0.29, 0.717) is 16.0 Å². The molecule has 0 radical (unpaired) electrons. The summed E-state index contributed by atoms with van der Waals surface area (Å²) in [5.41, 5.74) is 6.90. The van der Waals surface area contributed by atoms with Gasteiger partial charge in [-0.3, -0.25) is 0 Å². The number of aryl methyl sites for hydroxylation is 1. The van der Waals surface area contributed by atoms with Crippen LogP contribution in [0.3, 0.4) is 0 Å². The molecule has 0 bridgehead atoms. The van der Waals surface area contributed by atoms with Gasteiger partial charge in [0.1, 0.15) is 4.99 Å². The van der Waals surface area contributed by atoms with Crippen LogP contribution in [-0.4, -0.2) is 30.8 Å². The number of nitrogens with zero attached hydrogens (tertiary/aromatic N) is 1. The van der Waals surface area contributed by atoms with Crippen molar-refractivity contribution in [3.63, 3.8) is 0 Å². The molecule has 0 amide bonds. The number of sulfonamides is 1. The van der Waals surface area contributed by atoms with Gasteiger partial charge in [-0.05, 0) is 37.5 Å². The summed E-state index contributed by atoms with van der Waals surface area (Å²) in [5, 5.41) is 0. The number of hydrogen-bond acceptors (Lipinski definition) is 3. The average Bonchev–Trinajstić information content (AvgIpc) is 3.11. The van der Waals surface area contributed by atoms with Gasteiger partial charge in [0.2, 0.25) is 10.0 Å². The van der Waals surface area contributed by atoms with Gasteiger partial charge in [-0.1, -0.05) is 18.3 Å². The maximum absolute atomic E-state index is 12.4. The van der Waals surface area contributed by atoms with Crippen molar-refractivity contribution < 1.29 is 8.42 Å². The molecule has 98 valence electrons. The fourth-order valence-electron chi connectivity index (χ4n) is 1.88. The van der Waals surface area contributed by atoms with Crippen LogP contribution in [0.25, 0.3) is 0 Å². The lowest BCUT2D eigenvalue weighted by molar-refractivity contribution is 0.464. The third-order valence-corrected chi connectivity index (χ3v) is 5.48. The molecule has 2 N–H and O–H groups in total. The fraction of sp³-hybridized carbons (Fsp3) is 0.417. The summed E-state index contributed by atoms with van der Waals surface area (Å²) in [4.78, 5) is 0.606. The number of nitrogens with two attached hydrogens (primary N) is 1. The van der Waals surface area contributed by atoms with E-state index in [1.54, 1.807) is 32.2 Å². The molecule has 1 aromatic rings. The standard InChI is InChI=1S/C12H16N2O2S2/c1-8-7-9(12(13)17)3-6-11(8)18(15,16)14(2)10-4-5-10/h3,6-7,10H,4-5H2,1-2H3,(H2,13,17). The maximum Gasteiger partial charge on any atom is 0.243 e. The Morgan fingerprint density at radius 1 is 1.44 bits per heavy atom. The first kappa shape index (κ1) is 13.5. The van der Waals surface area contributed by atoms with Crippen molar-refractivity contribution >= 4 is 27.2 Å². The first-order valence-electron chi connectivity index (χ1n) is 5.72. The van der Waals surface area contributed by atoms with E-state index in [1.807, 2.05) is 0 Å². The van der Waals surface area contributed by atoms with Crippen molar-refractivity contribution in [3.8, 4) is 0 Å². The normalized spacial score (nSPS) is 15.9. The van der Waals surface area contributed by atoms with E-state index in [-0.39, 0.29) is 11.0 Å². The minimum atomic E-state index is -3.40. The summed E-state index contributed by atoms with van der Waals surface area (Å²) in [6, 6.07) is 5.11. The molecule has 1 aliphatic carbocycles. The molecular weight excluding hydrogens is 268 g/mol. The summed E-state index contributed by atoms with van der Waals surface area (Å²) < 4.78 is 26.2. The van der Waals surface area contributed by atoms with E-state index in [4.69, 9.17) is 18.0 Å². The van der Waals surface area contributed by atoms with Crippen molar-refractivity contribution in [1.82, 2.24) is 4.31 Å². The van der Waals surface area contributed by atoms with Gasteiger partial charge in [-0.2, -0.15) is 4.31 Å². The SMILES string of the molecule is Cc1cc(C(N)=S)ccc1S(=O)(=O)N(C)C1CC1. The van der Waals surface area contributed by atoms with Gasteiger partial charge in [0.25, 0.3) is 0 Å². The van der Waals surface area contributed by atoms with E-state index < -0.39 is 10.0 Å². The number of rotatable bonds is 4. The van der Waals surface area contributed by atoms with E-state index in [1.165, 1.54) is 4.31 Å². The van der Waals surface area contributed by atoms with Crippen LogP contribution in [0.15, 0.2) is 23.1 Å². The van der Waals surface area contributed by atoms with Crippen molar-refractivity contribution in [2.45, 2.75) is 30.7 Å². The van der Waals surface area contributed by atoms with Crippen molar-refractivity contribution in [3.05, 3.63) is 29.3 Å². The Labute approximate surface area is 113 Å². The quantitative estimate of drug-likeness (QED) is 0.849. The Balaban J connectivity index is 2.41. The second-order valence-electron chi connectivity index (χ2n) is 4.60. The molecule has 2 rings (SSSR count). The molecule has 0 heterocycles. The van der Waals surface area contributed by atoms with Gasteiger partial charge in [0, 0.05) is 18.7 Å². The minimum absolute atomic E-state index is 0.157. The highest BCUT2D eigenvalue weighted by atomic mass is 32.2. The summed E-state index contributed by atoms with van der Waals surface area (Å²) in [6.45, 7) is 1.76. The van der Waals surface area contributed by atoms with Crippen LogP contribution in [0, 0.1) is 6.92 Å². The van der Waals surface area contributed by atoms with E-state index in [0.717, 1.165) is 12.8 Å². The van der Waals surface area contributed by atoms with Crippen LogP contribution in [-0.2, 0) is 10.0 Å². The second kappa shape index (κ2) is 4.60. The first-order valence-corrected chi connectivity index (χ1v) is 7.57. The Kier molecular flexibility index (Phi) is 3.44. The highest BCUT2D eigenvalue weighted by Gasteiger charge is 2.35. The summed E-state index contributed by atoms with van der Waals surface area (Å²) in [6.07, 6.45) is 1.89. The maximum atomic E-state index is 12.4. The van der Waals surface area contributed by atoms with Gasteiger partial charge in [-0.15, -0.1) is 0 Å². The lowest BCUT2D eigenvalue weighted by Crippen LogP contribution is -2.29. The van der Waals surface area contributed by atoms with Gasteiger partial charge < -0.3 is 5.73 Å². The fourth-order valence-corrected chi connectivity index (χ4v) is 3.63. The number of benzene rings is 1. The highest BCUT2D eigenvalue weighted by Crippen LogP contribution is 2.31. The van der Waals surface area contributed by atoms with Crippen molar-refractivity contribution in [1.29, 1.82) is 0 Å². The van der Waals surface area contributed by atoms with Crippen LogP contribution >= 0.6 is 12.2 Å². The Bertz CT molecular complexity index is 592. The zero-order valence-electron chi connectivity index (χ0n) is 10.4. The number of thiocarbonyl (C=S) groups is 1. The smallest absolute Gasteiger partial charge is 0.243 e. The Morgan fingerprint density at radius 3 is 2.50 bits per heavy atom. The Hall–Kier alpha value is -0.980. The van der Waals surface area contributed by atoms with Crippen LogP contribution in [0.1, 0.15) is 24.0 Å². The zero-order valence-corrected chi connectivity index (χ0v) is 12.0.